The maximum Gasteiger partial charge on any atom is 0.231 e. The molecule has 8 heteroatoms. The number of hydrogen-bond donors (Lipinski definition) is 0. The number of ether oxygens (including phenoxy) is 2. The van der Waals surface area contributed by atoms with Crippen molar-refractivity contribution in [3.05, 3.63) is 45.4 Å². The van der Waals surface area contributed by atoms with Gasteiger partial charge in [-0.3, -0.25) is 4.90 Å². The zero-order valence-corrected chi connectivity index (χ0v) is 16.1. The van der Waals surface area contributed by atoms with Gasteiger partial charge in [0.1, 0.15) is 0 Å². The van der Waals surface area contributed by atoms with Crippen LogP contribution in [0.15, 0.2) is 34.9 Å². The van der Waals surface area contributed by atoms with E-state index in [0.717, 1.165) is 59.8 Å². The SMILES string of the molecule is Clc1ccc(CN2CCC(c3nc(-c4ccc5c(c4)OCO5)no3)CC2)s1. The Hall–Kier alpha value is -2.09. The molecule has 2 aromatic heterocycles. The fraction of sp³-hybridized carbons (Fsp3) is 0.368. The van der Waals surface area contributed by atoms with E-state index in [2.05, 4.69) is 21.1 Å². The van der Waals surface area contributed by atoms with Gasteiger partial charge in [0.25, 0.3) is 0 Å². The summed E-state index contributed by atoms with van der Waals surface area (Å²) >= 11 is 7.67. The average Bonchev–Trinajstić information content (AvgIpc) is 3.42. The van der Waals surface area contributed by atoms with E-state index in [0.29, 0.717) is 11.7 Å². The fourth-order valence-electron chi connectivity index (χ4n) is 3.55. The molecule has 27 heavy (non-hydrogen) atoms. The second kappa shape index (κ2) is 7.14. The number of likely N-dealkylation sites (tertiary alicyclic amines) is 1. The van der Waals surface area contributed by atoms with Gasteiger partial charge in [0.15, 0.2) is 11.5 Å². The molecule has 0 unspecified atom stereocenters. The zero-order valence-electron chi connectivity index (χ0n) is 14.6. The lowest BCUT2D eigenvalue weighted by Crippen LogP contribution is -2.32. The Balaban J connectivity index is 1.23. The third kappa shape index (κ3) is 3.54. The molecule has 0 bridgehead atoms. The number of hydrogen-bond acceptors (Lipinski definition) is 7. The number of thiophene rings is 1. The molecule has 3 aromatic rings. The molecule has 6 nitrogen and oxygen atoms in total. The molecule has 2 aliphatic heterocycles. The van der Waals surface area contributed by atoms with Crippen molar-refractivity contribution < 1.29 is 14.0 Å². The van der Waals surface area contributed by atoms with Crippen LogP contribution in [0.3, 0.4) is 0 Å². The van der Waals surface area contributed by atoms with Gasteiger partial charge >= 0.3 is 0 Å². The molecule has 0 amide bonds. The van der Waals surface area contributed by atoms with Gasteiger partial charge in [0.05, 0.1) is 4.34 Å². The minimum absolute atomic E-state index is 0.256. The highest BCUT2D eigenvalue weighted by atomic mass is 35.5. The lowest BCUT2D eigenvalue weighted by molar-refractivity contribution is 0.174. The molecular formula is C19H18ClN3O3S. The molecule has 0 aliphatic carbocycles. The van der Waals surface area contributed by atoms with E-state index in [9.17, 15) is 0 Å². The highest BCUT2D eigenvalue weighted by Gasteiger charge is 2.26. The molecular weight excluding hydrogens is 386 g/mol. The molecule has 0 atom stereocenters. The second-order valence-electron chi connectivity index (χ2n) is 6.78. The number of rotatable bonds is 4. The zero-order chi connectivity index (χ0) is 18.2. The number of piperidine rings is 1. The number of halogens is 1. The van der Waals surface area contributed by atoms with Crippen molar-refractivity contribution in [2.24, 2.45) is 0 Å². The average molecular weight is 404 g/mol. The monoisotopic (exact) mass is 403 g/mol. The van der Waals surface area contributed by atoms with Crippen LogP contribution in [0, 0.1) is 0 Å². The van der Waals surface area contributed by atoms with Crippen LogP contribution in [0.4, 0.5) is 0 Å². The summed E-state index contributed by atoms with van der Waals surface area (Å²) < 4.78 is 17.2. The minimum Gasteiger partial charge on any atom is -0.454 e. The van der Waals surface area contributed by atoms with Crippen LogP contribution in [-0.4, -0.2) is 34.9 Å². The van der Waals surface area contributed by atoms with Crippen molar-refractivity contribution in [3.8, 4) is 22.9 Å². The Morgan fingerprint density at radius 3 is 2.78 bits per heavy atom. The van der Waals surface area contributed by atoms with Gasteiger partial charge in [-0.15, -0.1) is 11.3 Å². The smallest absolute Gasteiger partial charge is 0.231 e. The Morgan fingerprint density at radius 2 is 1.96 bits per heavy atom. The van der Waals surface area contributed by atoms with Gasteiger partial charge < -0.3 is 14.0 Å². The molecule has 0 radical (unpaired) electrons. The van der Waals surface area contributed by atoms with Gasteiger partial charge in [-0.05, 0) is 56.3 Å². The molecule has 1 saturated heterocycles. The summed E-state index contributed by atoms with van der Waals surface area (Å²) in [5.41, 5.74) is 0.876. The number of aromatic nitrogens is 2. The molecule has 0 saturated carbocycles. The molecule has 1 fully saturated rings. The van der Waals surface area contributed by atoms with Crippen molar-refractivity contribution in [2.75, 3.05) is 19.9 Å². The normalized spacial score (nSPS) is 17.5. The van der Waals surface area contributed by atoms with Gasteiger partial charge in [0.2, 0.25) is 18.5 Å². The van der Waals surface area contributed by atoms with E-state index in [-0.39, 0.29) is 6.79 Å². The van der Waals surface area contributed by atoms with Crippen molar-refractivity contribution in [2.45, 2.75) is 25.3 Å². The summed E-state index contributed by atoms with van der Waals surface area (Å²) in [5.74, 6) is 3.10. The summed E-state index contributed by atoms with van der Waals surface area (Å²) in [7, 11) is 0. The summed E-state index contributed by atoms with van der Waals surface area (Å²) in [4.78, 5) is 8.39. The van der Waals surface area contributed by atoms with E-state index in [1.165, 1.54) is 4.88 Å². The Kier molecular flexibility index (Phi) is 4.51. The Bertz CT molecular complexity index is 949. The third-order valence-electron chi connectivity index (χ3n) is 5.02. The maximum absolute atomic E-state index is 6.02. The van der Waals surface area contributed by atoms with Crippen molar-refractivity contribution in [1.29, 1.82) is 0 Å². The third-order valence-corrected chi connectivity index (χ3v) is 6.23. The van der Waals surface area contributed by atoms with Crippen LogP contribution in [-0.2, 0) is 6.54 Å². The van der Waals surface area contributed by atoms with Crippen LogP contribution < -0.4 is 9.47 Å². The van der Waals surface area contributed by atoms with Crippen molar-refractivity contribution in [3.63, 3.8) is 0 Å². The molecule has 0 N–H and O–H groups in total. The highest BCUT2D eigenvalue weighted by molar-refractivity contribution is 7.16. The van der Waals surface area contributed by atoms with Gasteiger partial charge in [-0.1, -0.05) is 16.8 Å². The first-order chi connectivity index (χ1) is 13.2. The largest absolute Gasteiger partial charge is 0.454 e. The van der Waals surface area contributed by atoms with E-state index in [1.54, 1.807) is 11.3 Å². The predicted molar refractivity (Wildman–Crippen MR) is 102 cm³/mol. The van der Waals surface area contributed by atoms with Crippen LogP contribution in [0.2, 0.25) is 4.34 Å². The van der Waals surface area contributed by atoms with E-state index in [4.69, 9.17) is 25.6 Å². The van der Waals surface area contributed by atoms with Gasteiger partial charge in [-0.25, -0.2) is 0 Å². The van der Waals surface area contributed by atoms with Crippen LogP contribution in [0.5, 0.6) is 11.5 Å². The predicted octanol–water partition coefficient (Wildman–Crippen LogP) is 4.56. The molecule has 140 valence electrons. The summed E-state index contributed by atoms with van der Waals surface area (Å²) in [6.45, 7) is 3.24. The molecule has 4 heterocycles. The fourth-order valence-corrected chi connectivity index (χ4v) is 4.68. The standard InChI is InChI=1S/C19H18ClN3O3S/c20-17-4-2-14(27-17)10-23-7-5-12(6-8-23)19-21-18(22-26-19)13-1-3-15-16(9-13)25-11-24-15/h1-4,9,12H,5-8,10-11H2. The first-order valence-corrected chi connectivity index (χ1v) is 10.1. The van der Waals surface area contributed by atoms with Crippen LogP contribution in [0.25, 0.3) is 11.4 Å². The highest BCUT2D eigenvalue weighted by Crippen LogP contribution is 2.36. The molecule has 5 rings (SSSR count). The van der Waals surface area contributed by atoms with Crippen molar-refractivity contribution >= 4 is 22.9 Å². The second-order valence-corrected chi connectivity index (χ2v) is 8.58. The Morgan fingerprint density at radius 1 is 1.11 bits per heavy atom. The van der Waals surface area contributed by atoms with Crippen LogP contribution in [0.1, 0.15) is 29.5 Å². The van der Waals surface area contributed by atoms with E-state index in [1.807, 2.05) is 24.3 Å². The first kappa shape index (κ1) is 17.0. The Labute approximate surface area is 165 Å². The molecule has 2 aliphatic rings. The number of benzene rings is 1. The van der Waals surface area contributed by atoms with Gasteiger partial charge in [-0.2, -0.15) is 4.98 Å². The van der Waals surface area contributed by atoms with E-state index < -0.39 is 0 Å². The lowest BCUT2D eigenvalue weighted by Gasteiger charge is -2.29. The number of fused-ring (bicyclic) bond motifs is 1. The minimum atomic E-state index is 0.256. The first-order valence-electron chi connectivity index (χ1n) is 8.95. The summed E-state index contributed by atoms with van der Waals surface area (Å²) in [6.07, 6.45) is 2.03. The lowest BCUT2D eigenvalue weighted by atomic mass is 9.97. The molecule has 0 spiro atoms. The summed E-state index contributed by atoms with van der Waals surface area (Å²) in [6, 6.07) is 9.77. The molecule has 1 aromatic carbocycles. The van der Waals surface area contributed by atoms with Crippen molar-refractivity contribution in [1.82, 2.24) is 15.0 Å². The number of nitrogens with zero attached hydrogens (tertiary/aromatic N) is 3. The summed E-state index contributed by atoms with van der Waals surface area (Å²) in [5, 5.41) is 4.17. The quantitative estimate of drug-likeness (QED) is 0.636. The maximum atomic E-state index is 6.02. The van der Waals surface area contributed by atoms with Crippen LogP contribution >= 0.6 is 22.9 Å². The van der Waals surface area contributed by atoms with Gasteiger partial charge in [0, 0.05) is 22.9 Å². The topological polar surface area (TPSA) is 60.6 Å². The van der Waals surface area contributed by atoms with E-state index >= 15 is 0 Å².